The highest BCUT2D eigenvalue weighted by atomic mass is 32.2. The smallest absolute Gasteiger partial charge is 0.303 e. The predicted octanol–water partition coefficient (Wildman–Crippen LogP) is 4.61. The van der Waals surface area contributed by atoms with Gasteiger partial charge in [-0.15, -0.1) is 11.8 Å². The molecule has 0 fully saturated rings. The topological polar surface area (TPSA) is 48.4 Å². The van der Waals surface area contributed by atoms with Gasteiger partial charge in [-0.2, -0.15) is 0 Å². The first kappa shape index (κ1) is 18.3. The van der Waals surface area contributed by atoms with Crippen molar-refractivity contribution in [1.29, 1.82) is 0 Å². The Balaban J connectivity index is 2.18. The van der Waals surface area contributed by atoms with E-state index in [9.17, 15) is 4.79 Å². The molecule has 128 valence electrons. The Morgan fingerprint density at radius 3 is 2.50 bits per heavy atom. The number of aromatic nitrogens is 1. The summed E-state index contributed by atoms with van der Waals surface area (Å²) in [6.07, 6.45) is 1.79. The summed E-state index contributed by atoms with van der Waals surface area (Å²) in [5.74, 6) is 0.438. The van der Waals surface area contributed by atoms with Gasteiger partial charge in [0.05, 0.1) is 10.6 Å². The van der Waals surface area contributed by atoms with Crippen LogP contribution in [0.5, 0.6) is 5.75 Å². The summed E-state index contributed by atoms with van der Waals surface area (Å²) in [7, 11) is 0. The lowest BCUT2D eigenvalue weighted by molar-refractivity contribution is -0.142. The number of nitrogens with zero attached hydrogens (tertiary/aromatic N) is 1. The molecule has 0 saturated heterocycles. The lowest BCUT2D eigenvalue weighted by atomic mass is 10.2. The van der Waals surface area contributed by atoms with Crippen molar-refractivity contribution in [3.8, 4) is 5.75 Å². The second kappa shape index (κ2) is 8.20. The van der Waals surface area contributed by atoms with Gasteiger partial charge in [0.25, 0.3) is 0 Å². The van der Waals surface area contributed by atoms with E-state index in [0.717, 1.165) is 16.2 Å². The molecule has 2 aromatic rings. The van der Waals surface area contributed by atoms with Gasteiger partial charge in [0, 0.05) is 23.9 Å². The Labute approximate surface area is 147 Å². The van der Waals surface area contributed by atoms with E-state index >= 15 is 0 Å². The van der Waals surface area contributed by atoms with Gasteiger partial charge in [-0.05, 0) is 5.56 Å². The van der Waals surface area contributed by atoms with Gasteiger partial charge in [0.1, 0.15) is 19.0 Å². The summed E-state index contributed by atoms with van der Waals surface area (Å²) in [6.45, 7) is 8.45. The molecule has 0 aliphatic carbocycles. The van der Waals surface area contributed by atoms with Crippen molar-refractivity contribution >= 4 is 17.7 Å². The predicted molar refractivity (Wildman–Crippen MR) is 96.1 cm³/mol. The molecule has 24 heavy (non-hydrogen) atoms. The lowest BCUT2D eigenvalue weighted by Gasteiger charge is -2.20. The monoisotopic (exact) mass is 345 g/mol. The van der Waals surface area contributed by atoms with Crippen LogP contribution in [0.1, 0.15) is 39.0 Å². The van der Waals surface area contributed by atoms with Gasteiger partial charge in [0.15, 0.2) is 0 Å². The minimum Gasteiger partial charge on any atom is -0.488 e. The maximum absolute atomic E-state index is 11.0. The summed E-state index contributed by atoms with van der Waals surface area (Å²) < 4.78 is 11.1. The van der Waals surface area contributed by atoms with Gasteiger partial charge in [-0.1, -0.05) is 51.1 Å². The summed E-state index contributed by atoms with van der Waals surface area (Å²) in [4.78, 5) is 16.3. The molecule has 0 aliphatic heterocycles. The van der Waals surface area contributed by atoms with E-state index in [2.05, 4.69) is 25.8 Å². The molecular weight excluding hydrogens is 322 g/mol. The van der Waals surface area contributed by atoms with E-state index in [1.54, 1.807) is 18.0 Å². The molecule has 0 radical (unpaired) electrons. The minimum absolute atomic E-state index is 0.0456. The van der Waals surface area contributed by atoms with Crippen LogP contribution in [0.3, 0.4) is 0 Å². The third-order valence-corrected chi connectivity index (χ3v) is 4.10. The van der Waals surface area contributed by atoms with Crippen LogP contribution in [0, 0.1) is 0 Å². The van der Waals surface area contributed by atoms with Crippen molar-refractivity contribution in [2.75, 3.05) is 0 Å². The summed E-state index contributed by atoms with van der Waals surface area (Å²) in [5, 5.41) is 0. The molecule has 0 atom stereocenters. The number of carbonyl (C=O) groups excluding carboxylic acids is 1. The second-order valence-corrected chi connectivity index (χ2v) is 8.26. The minimum atomic E-state index is -0.323. The van der Waals surface area contributed by atoms with E-state index in [-0.39, 0.29) is 17.3 Å². The zero-order valence-electron chi connectivity index (χ0n) is 14.5. The average molecular weight is 345 g/mol. The molecule has 0 amide bonds. The molecule has 0 bridgehead atoms. The van der Waals surface area contributed by atoms with Crippen molar-refractivity contribution < 1.29 is 14.3 Å². The first-order valence-corrected chi connectivity index (χ1v) is 8.63. The van der Waals surface area contributed by atoms with Crippen LogP contribution >= 0.6 is 11.8 Å². The molecular formula is C19H23NO3S. The molecule has 2 rings (SSSR count). The van der Waals surface area contributed by atoms with Crippen molar-refractivity contribution in [2.24, 2.45) is 0 Å². The number of benzene rings is 1. The largest absolute Gasteiger partial charge is 0.488 e. The van der Waals surface area contributed by atoms with E-state index in [4.69, 9.17) is 9.47 Å². The summed E-state index contributed by atoms with van der Waals surface area (Å²) in [5.41, 5.74) is 1.77. The fourth-order valence-electron chi connectivity index (χ4n) is 1.97. The molecule has 0 saturated carbocycles. The Bertz CT molecular complexity index is 681. The number of pyridine rings is 1. The Morgan fingerprint density at radius 2 is 1.88 bits per heavy atom. The highest BCUT2D eigenvalue weighted by Crippen LogP contribution is 2.38. The van der Waals surface area contributed by atoms with Crippen molar-refractivity contribution in [1.82, 2.24) is 4.98 Å². The Morgan fingerprint density at radius 1 is 1.17 bits per heavy atom. The fraction of sp³-hybridized carbons (Fsp3) is 0.368. The van der Waals surface area contributed by atoms with Gasteiger partial charge in [-0.3, -0.25) is 9.78 Å². The third kappa shape index (κ3) is 6.24. The zero-order chi connectivity index (χ0) is 17.6. The second-order valence-electron chi connectivity index (χ2n) is 6.39. The number of thioether (sulfide) groups is 1. The molecule has 1 heterocycles. The molecule has 0 spiro atoms. The van der Waals surface area contributed by atoms with Crippen molar-refractivity contribution in [3.63, 3.8) is 0 Å². The third-order valence-electron chi connectivity index (χ3n) is 2.96. The number of esters is 1. The number of rotatable bonds is 6. The Hall–Kier alpha value is -2.01. The van der Waals surface area contributed by atoms with Crippen LogP contribution in [-0.2, 0) is 22.7 Å². The molecule has 1 aromatic heterocycles. The maximum Gasteiger partial charge on any atom is 0.303 e. The highest BCUT2D eigenvalue weighted by Gasteiger charge is 2.17. The van der Waals surface area contributed by atoms with E-state index in [0.29, 0.717) is 12.3 Å². The van der Waals surface area contributed by atoms with Gasteiger partial charge >= 0.3 is 5.97 Å². The van der Waals surface area contributed by atoms with Crippen LogP contribution in [0.2, 0.25) is 0 Å². The maximum atomic E-state index is 11.0. The van der Waals surface area contributed by atoms with Crippen molar-refractivity contribution in [3.05, 3.63) is 53.9 Å². The van der Waals surface area contributed by atoms with Crippen LogP contribution < -0.4 is 4.74 Å². The molecule has 5 heteroatoms. The molecule has 0 N–H and O–H groups in total. The molecule has 0 unspecified atom stereocenters. The standard InChI is InChI=1S/C19H23NO3S/c1-14(21)22-13-16-10-17(18(11-20-16)24-19(2,3)4)23-12-15-8-6-5-7-9-15/h5-11H,12-13H2,1-4H3. The molecule has 4 nitrogen and oxygen atoms in total. The van der Waals surface area contributed by atoms with Crippen LogP contribution in [0.25, 0.3) is 0 Å². The first-order valence-electron chi connectivity index (χ1n) is 7.81. The number of hydrogen-bond acceptors (Lipinski definition) is 5. The highest BCUT2D eigenvalue weighted by molar-refractivity contribution is 8.00. The molecule has 1 aromatic carbocycles. The van der Waals surface area contributed by atoms with Gasteiger partial charge in [-0.25, -0.2) is 0 Å². The normalized spacial score (nSPS) is 11.2. The SMILES string of the molecule is CC(=O)OCc1cc(OCc2ccccc2)c(SC(C)(C)C)cn1. The number of hydrogen-bond donors (Lipinski definition) is 0. The number of carbonyl (C=O) groups is 1. The number of ether oxygens (including phenoxy) is 2. The fourth-order valence-corrected chi connectivity index (χ4v) is 2.96. The van der Waals surface area contributed by atoms with E-state index < -0.39 is 0 Å². The lowest BCUT2D eigenvalue weighted by Crippen LogP contribution is -2.09. The summed E-state index contributed by atoms with van der Waals surface area (Å²) >= 11 is 1.70. The van der Waals surface area contributed by atoms with Gasteiger partial charge in [0.2, 0.25) is 0 Å². The Kier molecular flexibility index (Phi) is 6.26. The van der Waals surface area contributed by atoms with Crippen LogP contribution in [0.4, 0.5) is 0 Å². The van der Waals surface area contributed by atoms with E-state index in [1.165, 1.54) is 6.92 Å². The quantitative estimate of drug-likeness (QED) is 0.565. The van der Waals surface area contributed by atoms with Crippen molar-refractivity contribution in [2.45, 2.75) is 50.6 Å². The molecule has 0 aliphatic rings. The first-order chi connectivity index (χ1) is 11.3. The van der Waals surface area contributed by atoms with E-state index in [1.807, 2.05) is 36.4 Å². The zero-order valence-corrected chi connectivity index (χ0v) is 15.4. The van der Waals surface area contributed by atoms with Crippen LogP contribution in [-0.4, -0.2) is 15.7 Å². The van der Waals surface area contributed by atoms with Crippen LogP contribution in [0.15, 0.2) is 47.5 Å². The average Bonchev–Trinajstić information content (AvgIpc) is 2.52. The summed E-state index contributed by atoms with van der Waals surface area (Å²) in [6, 6.07) is 11.9. The van der Waals surface area contributed by atoms with Gasteiger partial charge < -0.3 is 9.47 Å².